The highest BCUT2D eigenvalue weighted by Crippen LogP contribution is 2.43. The van der Waals surface area contributed by atoms with Crippen LogP contribution in [0.1, 0.15) is 12.0 Å². The van der Waals surface area contributed by atoms with Gasteiger partial charge >= 0.3 is 0 Å². The molecule has 1 fully saturated rings. The molecule has 158 valence electrons. The molecule has 4 rings (SSSR count). The van der Waals surface area contributed by atoms with Crippen molar-refractivity contribution in [2.24, 2.45) is 15.7 Å². The normalized spacial score (nSPS) is 19.3. The molecule has 0 aliphatic carbocycles. The number of hydrogen-bond donors (Lipinski definition) is 1. The van der Waals surface area contributed by atoms with E-state index in [0.29, 0.717) is 69.0 Å². The highest BCUT2D eigenvalue weighted by atomic mass is 32.2. The Bertz CT molecular complexity index is 940. The zero-order valence-electron chi connectivity index (χ0n) is 16.3. The van der Waals surface area contributed by atoms with E-state index in [4.69, 9.17) is 19.9 Å². The Morgan fingerprint density at radius 2 is 2.03 bits per heavy atom. The van der Waals surface area contributed by atoms with Gasteiger partial charge in [0.1, 0.15) is 11.5 Å². The molecular formula is C18H25N5O5S. The molecule has 1 aromatic rings. The second-order valence-corrected chi connectivity index (χ2v) is 8.94. The summed E-state index contributed by atoms with van der Waals surface area (Å²) in [6, 6.07) is 3.68. The Balaban J connectivity index is 1.43. The Kier molecular flexibility index (Phi) is 5.61. The van der Waals surface area contributed by atoms with E-state index in [-0.39, 0.29) is 12.4 Å². The number of sulfonamides is 1. The summed E-state index contributed by atoms with van der Waals surface area (Å²) in [5.41, 5.74) is 7.49. The summed E-state index contributed by atoms with van der Waals surface area (Å²) in [7, 11) is -1.76. The highest BCUT2D eigenvalue weighted by molar-refractivity contribution is 7.89. The summed E-state index contributed by atoms with van der Waals surface area (Å²) in [4.78, 5) is 10.8. The number of nitrogens with zero attached hydrogens (tertiary/aromatic N) is 4. The van der Waals surface area contributed by atoms with Gasteiger partial charge in [-0.25, -0.2) is 13.4 Å². The summed E-state index contributed by atoms with van der Waals surface area (Å²) in [6.45, 7) is 3.31. The molecule has 0 amide bonds. The molecule has 0 spiro atoms. The molecule has 3 aliphatic heterocycles. The van der Waals surface area contributed by atoms with Gasteiger partial charge in [-0.15, -0.1) is 0 Å². The number of methoxy groups -OCH3 is 1. The van der Waals surface area contributed by atoms with Gasteiger partial charge < -0.3 is 19.9 Å². The number of morpholine rings is 1. The number of nitrogens with two attached hydrogens (primary N) is 1. The molecule has 0 atom stereocenters. The van der Waals surface area contributed by atoms with Gasteiger partial charge in [-0.3, -0.25) is 9.89 Å². The van der Waals surface area contributed by atoms with Crippen molar-refractivity contribution >= 4 is 27.5 Å². The maximum absolute atomic E-state index is 12.4. The lowest BCUT2D eigenvalue weighted by atomic mass is 10.1. The molecule has 0 bridgehead atoms. The van der Waals surface area contributed by atoms with E-state index in [0.717, 1.165) is 11.4 Å². The fraction of sp³-hybridized carbons (Fsp3) is 0.556. The predicted molar refractivity (Wildman–Crippen MR) is 109 cm³/mol. The van der Waals surface area contributed by atoms with E-state index in [2.05, 4.69) is 9.98 Å². The van der Waals surface area contributed by atoms with Gasteiger partial charge in [0.05, 0.1) is 39.2 Å². The maximum Gasteiger partial charge on any atom is 0.214 e. The van der Waals surface area contributed by atoms with Crippen LogP contribution in [0.25, 0.3) is 0 Å². The molecule has 3 heterocycles. The molecule has 10 nitrogen and oxygen atoms in total. The average Bonchev–Trinajstić information content (AvgIpc) is 3.22. The average molecular weight is 423 g/mol. The molecule has 0 unspecified atom stereocenters. The third-order valence-electron chi connectivity index (χ3n) is 5.05. The third kappa shape index (κ3) is 3.89. The smallest absolute Gasteiger partial charge is 0.214 e. The first-order valence-electron chi connectivity index (χ1n) is 9.57. The fourth-order valence-electron chi connectivity index (χ4n) is 3.61. The minimum atomic E-state index is -3.30. The number of benzene rings is 1. The Morgan fingerprint density at radius 3 is 2.79 bits per heavy atom. The number of hydrogen-bond acceptors (Lipinski definition) is 9. The van der Waals surface area contributed by atoms with Crippen LogP contribution in [0, 0.1) is 0 Å². The Labute approximate surface area is 170 Å². The predicted octanol–water partition coefficient (Wildman–Crippen LogP) is 0.148. The topological polar surface area (TPSA) is 119 Å². The minimum Gasteiger partial charge on any atom is -0.491 e. The maximum atomic E-state index is 12.4. The molecule has 3 aliphatic rings. The van der Waals surface area contributed by atoms with Gasteiger partial charge in [0.15, 0.2) is 11.5 Å². The van der Waals surface area contributed by atoms with Gasteiger partial charge in [0, 0.05) is 25.2 Å². The Morgan fingerprint density at radius 1 is 1.24 bits per heavy atom. The van der Waals surface area contributed by atoms with Crippen molar-refractivity contribution < 1.29 is 22.6 Å². The van der Waals surface area contributed by atoms with Gasteiger partial charge in [-0.05, 0) is 18.6 Å². The van der Waals surface area contributed by atoms with Crippen molar-refractivity contribution in [3.8, 4) is 11.5 Å². The first-order chi connectivity index (χ1) is 14.0. The fourth-order valence-corrected chi connectivity index (χ4v) is 5.05. The monoisotopic (exact) mass is 423 g/mol. The Hall–Kier alpha value is -2.37. The number of fused-ring (bicyclic) bond motifs is 3. The molecule has 0 saturated carbocycles. The zero-order chi connectivity index (χ0) is 20.4. The van der Waals surface area contributed by atoms with Crippen LogP contribution >= 0.6 is 0 Å². The summed E-state index contributed by atoms with van der Waals surface area (Å²) >= 11 is 0. The van der Waals surface area contributed by atoms with Crippen LogP contribution < -0.4 is 15.2 Å². The second-order valence-electron chi connectivity index (χ2n) is 6.85. The molecule has 1 aromatic carbocycles. The van der Waals surface area contributed by atoms with E-state index in [1.807, 2.05) is 11.0 Å². The molecule has 0 aromatic heterocycles. The number of rotatable bonds is 7. The molecule has 11 heteroatoms. The number of aliphatic imine (C=N–C) groups is 2. The van der Waals surface area contributed by atoms with Gasteiger partial charge in [0.2, 0.25) is 16.0 Å². The second kappa shape index (κ2) is 8.17. The van der Waals surface area contributed by atoms with Crippen molar-refractivity contribution in [3.63, 3.8) is 0 Å². The van der Waals surface area contributed by atoms with E-state index in [9.17, 15) is 8.42 Å². The molecule has 0 radical (unpaired) electrons. The van der Waals surface area contributed by atoms with Crippen molar-refractivity contribution in [2.75, 3.05) is 58.9 Å². The van der Waals surface area contributed by atoms with Gasteiger partial charge in [0.25, 0.3) is 0 Å². The summed E-state index contributed by atoms with van der Waals surface area (Å²) in [5, 5.41) is 0. The highest BCUT2D eigenvalue weighted by Gasteiger charge is 2.31. The zero-order valence-corrected chi connectivity index (χ0v) is 17.2. The van der Waals surface area contributed by atoms with Gasteiger partial charge in [-0.1, -0.05) is 0 Å². The van der Waals surface area contributed by atoms with Crippen molar-refractivity contribution in [1.82, 2.24) is 9.21 Å². The van der Waals surface area contributed by atoms with Crippen molar-refractivity contribution in [1.29, 1.82) is 0 Å². The van der Waals surface area contributed by atoms with Crippen LogP contribution in [-0.4, -0.2) is 88.3 Å². The third-order valence-corrected chi connectivity index (χ3v) is 7.01. The van der Waals surface area contributed by atoms with Crippen LogP contribution in [0.2, 0.25) is 0 Å². The summed E-state index contributed by atoms with van der Waals surface area (Å²) in [5.74, 6) is 2.15. The number of amidine groups is 1. The summed E-state index contributed by atoms with van der Waals surface area (Å²) in [6.07, 6.45) is 0.367. The van der Waals surface area contributed by atoms with Crippen LogP contribution in [0.3, 0.4) is 0 Å². The lowest BCUT2D eigenvalue weighted by Gasteiger charge is -2.26. The van der Waals surface area contributed by atoms with Crippen LogP contribution in [0.5, 0.6) is 11.5 Å². The van der Waals surface area contributed by atoms with Gasteiger partial charge in [-0.2, -0.15) is 4.31 Å². The minimum absolute atomic E-state index is 0.0249. The molecule has 1 saturated heterocycles. The first-order valence-corrected chi connectivity index (χ1v) is 11.2. The molecule has 29 heavy (non-hydrogen) atoms. The van der Waals surface area contributed by atoms with E-state index in [1.165, 1.54) is 4.31 Å². The molecule has 2 N–H and O–H groups in total. The first kappa shape index (κ1) is 19.9. The quantitative estimate of drug-likeness (QED) is 0.620. The van der Waals surface area contributed by atoms with Crippen LogP contribution in [0.4, 0.5) is 5.69 Å². The number of ether oxygens (including phenoxy) is 3. The van der Waals surface area contributed by atoms with Crippen LogP contribution in [-0.2, 0) is 14.8 Å². The number of guanidine groups is 1. The van der Waals surface area contributed by atoms with Crippen molar-refractivity contribution in [3.05, 3.63) is 17.7 Å². The van der Waals surface area contributed by atoms with E-state index in [1.54, 1.807) is 13.2 Å². The lowest BCUT2D eigenvalue weighted by molar-refractivity contribution is 0.0730. The standard InChI is InChI=1S/C18H25N5O5S/c1-26-16-14(28-9-2-12-29(24,25)22-7-10-27-11-8-22)4-3-13-15(16)21-18(19)23-6-5-20-17(13)23/h3-4H,2,5-12H2,1H3,(H2,19,21). The lowest BCUT2D eigenvalue weighted by Crippen LogP contribution is -2.42. The van der Waals surface area contributed by atoms with Crippen molar-refractivity contribution in [2.45, 2.75) is 6.42 Å². The largest absolute Gasteiger partial charge is 0.491 e. The van der Waals surface area contributed by atoms with E-state index >= 15 is 0 Å². The summed E-state index contributed by atoms with van der Waals surface area (Å²) < 4.78 is 42.8. The van der Waals surface area contributed by atoms with Crippen LogP contribution in [0.15, 0.2) is 22.1 Å². The van der Waals surface area contributed by atoms with E-state index < -0.39 is 10.0 Å². The SMILES string of the molecule is COc1c(OCCCS(=O)(=O)N2CCOCC2)ccc2c1N=C(N)N1CCN=C21. The molecular weight excluding hydrogens is 398 g/mol.